The van der Waals surface area contributed by atoms with Crippen LogP contribution in [0.15, 0.2) is 42.5 Å². The summed E-state index contributed by atoms with van der Waals surface area (Å²) in [5.41, 5.74) is 2.57. The lowest BCUT2D eigenvalue weighted by molar-refractivity contribution is -0.384. The Bertz CT molecular complexity index is 874. The standard InChI is InChI=1S/C21H26N4O3/c1-15(2)17-6-4-5-7-18(17)22-21(26)16-8-9-19(20(14-16)25(27)28)24-12-10-23(3)11-13-24/h4-9,14-15H,10-13H2,1-3H3,(H,22,26). The summed E-state index contributed by atoms with van der Waals surface area (Å²) >= 11 is 0. The number of likely N-dealkylation sites (N-methyl/N-ethyl adjacent to an activating group) is 1. The van der Waals surface area contributed by atoms with Gasteiger partial charge in [-0.05, 0) is 36.7 Å². The van der Waals surface area contributed by atoms with Crippen molar-refractivity contribution in [2.75, 3.05) is 43.4 Å². The highest BCUT2D eigenvalue weighted by Gasteiger charge is 2.24. The average molecular weight is 382 g/mol. The SMILES string of the molecule is CC(C)c1ccccc1NC(=O)c1ccc(N2CCN(C)CC2)c([N+](=O)[O-])c1. The largest absolute Gasteiger partial charge is 0.363 e. The number of anilines is 2. The van der Waals surface area contributed by atoms with Crippen LogP contribution in [0.5, 0.6) is 0 Å². The summed E-state index contributed by atoms with van der Waals surface area (Å²) in [6.45, 7) is 7.27. The molecule has 1 heterocycles. The Kier molecular flexibility index (Phi) is 5.94. The second-order valence-electron chi connectivity index (χ2n) is 7.45. The highest BCUT2D eigenvalue weighted by atomic mass is 16.6. The average Bonchev–Trinajstić information content (AvgIpc) is 2.68. The van der Waals surface area contributed by atoms with Gasteiger partial charge in [-0.15, -0.1) is 0 Å². The zero-order valence-electron chi connectivity index (χ0n) is 16.5. The van der Waals surface area contributed by atoms with Gasteiger partial charge in [-0.25, -0.2) is 0 Å². The fourth-order valence-electron chi connectivity index (χ4n) is 3.43. The third-order valence-electron chi connectivity index (χ3n) is 5.11. The van der Waals surface area contributed by atoms with E-state index in [2.05, 4.69) is 24.1 Å². The first kappa shape index (κ1) is 19.8. The van der Waals surface area contributed by atoms with E-state index < -0.39 is 4.92 Å². The van der Waals surface area contributed by atoms with E-state index in [4.69, 9.17) is 0 Å². The maximum absolute atomic E-state index is 12.7. The zero-order chi connectivity index (χ0) is 20.3. The van der Waals surface area contributed by atoms with Crippen LogP contribution in [0, 0.1) is 10.1 Å². The molecule has 0 aliphatic carbocycles. The van der Waals surface area contributed by atoms with Crippen molar-refractivity contribution in [1.82, 2.24) is 4.90 Å². The lowest BCUT2D eigenvalue weighted by Crippen LogP contribution is -2.44. The number of nitrogens with zero attached hydrogens (tertiary/aromatic N) is 3. The Labute approximate surface area is 165 Å². The fourth-order valence-corrected chi connectivity index (χ4v) is 3.43. The first-order valence-electron chi connectivity index (χ1n) is 9.49. The summed E-state index contributed by atoms with van der Waals surface area (Å²) in [6.07, 6.45) is 0. The second kappa shape index (κ2) is 8.39. The van der Waals surface area contributed by atoms with Crippen LogP contribution in [0.2, 0.25) is 0 Å². The van der Waals surface area contributed by atoms with Crippen molar-refractivity contribution in [3.63, 3.8) is 0 Å². The highest BCUT2D eigenvalue weighted by molar-refractivity contribution is 6.05. The smallest absolute Gasteiger partial charge is 0.293 e. The van der Waals surface area contributed by atoms with E-state index in [1.165, 1.54) is 6.07 Å². The van der Waals surface area contributed by atoms with Crippen LogP contribution in [-0.4, -0.2) is 49.0 Å². The van der Waals surface area contributed by atoms with Gasteiger partial charge in [0, 0.05) is 43.5 Å². The molecule has 0 bridgehead atoms. The normalized spacial score (nSPS) is 14.9. The fraction of sp³-hybridized carbons (Fsp3) is 0.381. The molecule has 1 fully saturated rings. The summed E-state index contributed by atoms with van der Waals surface area (Å²) in [6, 6.07) is 12.3. The molecule has 0 unspecified atom stereocenters. The third kappa shape index (κ3) is 4.31. The van der Waals surface area contributed by atoms with Crippen molar-refractivity contribution in [2.24, 2.45) is 0 Å². The van der Waals surface area contributed by atoms with Gasteiger partial charge in [-0.3, -0.25) is 14.9 Å². The quantitative estimate of drug-likeness (QED) is 0.630. The molecule has 7 heteroatoms. The van der Waals surface area contributed by atoms with E-state index in [-0.39, 0.29) is 23.1 Å². The predicted molar refractivity (Wildman–Crippen MR) is 111 cm³/mol. The lowest BCUT2D eigenvalue weighted by atomic mass is 10.0. The number of nitro groups is 1. The van der Waals surface area contributed by atoms with E-state index in [1.54, 1.807) is 12.1 Å². The van der Waals surface area contributed by atoms with Gasteiger partial charge in [0.05, 0.1) is 4.92 Å². The summed E-state index contributed by atoms with van der Waals surface area (Å²) < 4.78 is 0. The maximum Gasteiger partial charge on any atom is 0.293 e. The van der Waals surface area contributed by atoms with Crippen LogP contribution in [0.3, 0.4) is 0 Å². The third-order valence-corrected chi connectivity index (χ3v) is 5.11. The van der Waals surface area contributed by atoms with Crippen LogP contribution in [0.4, 0.5) is 17.1 Å². The molecule has 2 aromatic rings. The minimum Gasteiger partial charge on any atom is -0.363 e. The number of amides is 1. The molecule has 148 valence electrons. The molecule has 7 nitrogen and oxygen atoms in total. The Hall–Kier alpha value is -2.93. The number of rotatable bonds is 5. The summed E-state index contributed by atoms with van der Waals surface area (Å²) in [5, 5.41) is 14.5. The van der Waals surface area contributed by atoms with Gasteiger partial charge in [-0.2, -0.15) is 0 Å². The topological polar surface area (TPSA) is 78.7 Å². The molecule has 3 rings (SSSR count). The molecule has 0 atom stereocenters. The zero-order valence-corrected chi connectivity index (χ0v) is 16.5. The van der Waals surface area contributed by atoms with E-state index >= 15 is 0 Å². The Morgan fingerprint density at radius 3 is 2.43 bits per heavy atom. The van der Waals surface area contributed by atoms with Crippen molar-refractivity contribution in [3.05, 3.63) is 63.7 Å². The van der Waals surface area contributed by atoms with Gasteiger partial charge >= 0.3 is 0 Å². The molecule has 1 amide bonds. The van der Waals surface area contributed by atoms with Crippen molar-refractivity contribution in [1.29, 1.82) is 0 Å². The summed E-state index contributed by atoms with van der Waals surface area (Å²) in [4.78, 5) is 28.2. The first-order chi connectivity index (χ1) is 13.4. The molecule has 1 N–H and O–H groups in total. The second-order valence-corrected chi connectivity index (χ2v) is 7.45. The van der Waals surface area contributed by atoms with E-state index in [1.807, 2.05) is 36.2 Å². The molecule has 1 aliphatic heterocycles. The van der Waals surface area contributed by atoms with E-state index in [9.17, 15) is 14.9 Å². The number of carbonyl (C=O) groups is 1. The molecule has 0 saturated carbocycles. The predicted octanol–water partition coefficient (Wildman–Crippen LogP) is 3.72. The number of nitrogens with one attached hydrogen (secondary N) is 1. The van der Waals surface area contributed by atoms with Crippen LogP contribution in [0.1, 0.15) is 35.7 Å². The Morgan fingerprint density at radius 1 is 1.11 bits per heavy atom. The number of benzene rings is 2. The number of nitro benzene ring substituents is 1. The number of hydrogen-bond donors (Lipinski definition) is 1. The van der Waals surface area contributed by atoms with Crippen LogP contribution >= 0.6 is 0 Å². The van der Waals surface area contributed by atoms with Crippen molar-refractivity contribution >= 4 is 23.0 Å². The lowest BCUT2D eigenvalue weighted by Gasteiger charge is -2.33. The van der Waals surface area contributed by atoms with Gasteiger partial charge in [0.15, 0.2) is 0 Å². The molecule has 0 radical (unpaired) electrons. The van der Waals surface area contributed by atoms with Crippen LogP contribution in [-0.2, 0) is 0 Å². The van der Waals surface area contributed by atoms with Gasteiger partial charge in [0.2, 0.25) is 0 Å². The molecule has 28 heavy (non-hydrogen) atoms. The van der Waals surface area contributed by atoms with E-state index in [0.29, 0.717) is 5.69 Å². The minimum atomic E-state index is -0.410. The minimum absolute atomic E-state index is 0.0330. The number of hydrogen-bond acceptors (Lipinski definition) is 5. The van der Waals surface area contributed by atoms with Crippen molar-refractivity contribution in [3.8, 4) is 0 Å². The maximum atomic E-state index is 12.7. The monoisotopic (exact) mass is 382 g/mol. The van der Waals surface area contributed by atoms with Crippen molar-refractivity contribution in [2.45, 2.75) is 19.8 Å². The summed E-state index contributed by atoms with van der Waals surface area (Å²) in [7, 11) is 2.04. The van der Waals surface area contributed by atoms with Gasteiger partial charge in [-0.1, -0.05) is 32.0 Å². The van der Waals surface area contributed by atoms with E-state index in [0.717, 1.165) is 37.4 Å². The number of para-hydroxylation sites is 1. The molecule has 0 spiro atoms. The Balaban J connectivity index is 1.86. The van der Waals surface area contributed by atoms with Gasteiger partial charge in [0.1, 0.15) is 5.69 Å². The molecule has 0 aromatic heterocycles. The van der Waals surface area contributed by atoms with Crippen molar-refractivity contribution < 1.29 is 9.72 Å². The molecule has 1 saturated heterocycles. The molecule has 1 aliphatic rings. The first-order valence-corrected chi connectivity index (χ1v) is 9.49. The highest BCUT2D eigenvalue weighted by Crippen LogP contribution is 2.31. The molecular weight excluding hydrogens is 356 g/mol. The van der Waals surface area contributed by atoms with Gasteiger partial charge in [0.25, 0.3) is 11.6 Å². The van der Waals surface area contributed by atoms with Crippen LogP contribution < -0.4 is 10.2 Å². The Morgan fingerprint density at radius 2 is 1.79 bits per heavy atom. The number of carbonyl (C=O) groups excluding carboxylic acids is 1. The van der Waals surface area contributed by atoms with Gasteiger partial charge < -0.3 is 15.1 Å². The molecular formula is C21H26N4O3. The molecule has 2 aromatic carbocycles. The van der Waals surface area contributed by atoms with Crippen LogP contribution in [0.25, 0.3) is 0 Å². The number of piperazine rings is 1. The summed E-state index contributed by atoms with van der Waals surface area (Å²) in [5.74, 6) is -0.0911.